The molecule has 26 heavy (non-hydrogen) atoms. The first-order chi connectivity index (χ1) is 12.5. The van der Waals surface area contributed by atoms with Crippen molar-refractivity contribution in [2.75, 3.05) is 0 Å². The molecule has 0 saturated heterocycles. The predicted molar refractivity (Wildman–Crippen MR) is 111 cm³/mol. The third-order valence-corrected chi connectivity index (χ3v) is 6.34. The highest BCUT2D eigenvalue weighted by molar-refractivity contribution is 6.00. The summed E-state index contributed by atoms with van der Waals surface area (Å²) in [5.74, 6) is 1.39. The van der Waals surface area contributed by atoms with Gasteiger partial charge in [0.1, 0.15) is 0 Å². The Labute approximate surface area is 159 Å². The van der Waals surface area contributed by atoms with E-state index in [-0.39, 0.29) is 0 Å². The van der Waals surface area contributed by atoms with Crippen LogP contribution in [0.5, 0.6) is 0 Å². The number of hydrogen-bond donors (Lipinski definition) is 0. The van der Waals surface area contributed by atoms with Crippen LogP contribution in [-0.2, 0) is 0 Å². The van der Waals surface area contributed by atoms with E-state index in [2.05, 4.69) is 45.9 Å². The number of aliphatic imine (C=N–C) groups is 2. The second kappa shape index (κ2) is 8.92. The van der Waals surface area contributed by atoms with E-state index in [0.717, 1.165) is 22.8 Å². The molecule has 0 aliphatic heterocycles. The van der Waals surface area contributed by atoms with Crippen LogP contribution in [0.25, 0.3) is 0 Å². The maximum atomic E-state index is 5.03. The van der Waals surface area contributed by atoms with E-state index in [4.69, 9.17) is 15.0 Å². The number of nitrogens with zero attached hydrogens (tertiary/aromatic N) is 3. The Morgan fingerprint density at radius 3 is 1.62 bits per heavy atom. The lowest BCUT2D eigenvalue weighted by Crippen LogP contribution is -2.22. The fourth-order valence-corrected chi connectivity index (χ4v) is 4.44. The van der Waals surface area contributed by atoms with Crippen LogP contribution in [0.4, 0.5) is 0 Å². The minimum absolute atomic E-state index is 0.465. The molecule has 1 heterocycles. The van der Waals surface area contributed by atoms with Gasteiger partial charge in [0.05, 0.1) is 34.9 Å². The molecule has 0 aromatic carbocycles. The van der Waals surface area contributed by atoms with E-state index in [1.54, 1.807) is 0 Å². The maximum Gasteiger partial charge on any atom is 0.0845 e. The zero-order chi connectivity index (χ0) is 18.5. The summed E-state index contributed by atoms with van der Waals surface area (Å²) in [6, 6.07) is 7.21. The van der Waals surface area contributed by atoms with E-state index in [9.17, 15) is 0 Å². The fraction of sp³-hybridized carbons (Fsp3) is 0.696. The number of rotatable bonds is 4. The van der Waals surface area contributed by atoms with Crippen molar-refractivity contribution in [3.05, 3.63) is 29.6 Å². The molecule has 2 aliphatic rings. The Morgan fingerprint density at radius 1 is 0.769 bits per heavy atom. The summed E-state index contributed by atoms with van der Waals surface area (Å²) in [5.41, 5.74) is 4.16. The van der Waals surface area contributed by atoms with Crippen LogP contribution < -0.4 is 0 Å². The van der Waals surface area contributed by atoms with Crippen LogP contribution in [0.15, 0.2) is 28.2 Å². The van der Waals surface area contributed by atoms with Gasteiger partial charge in [-0.1, -0.05) is 45.6 Å². The summed E-state index contributed by atoms with van der Waals surface area (Å²) in [6.07, 6.45) is 10.4. The molecule has 2 unspecified atom stereocenters. The van der Waals surface area contributed by atoms with Crippen molar-refractivity contribution in [2.45, 2.75) is 91.1 Å². The Kier molecular flexibility index (Phi) is 6.61. The molecule has 3 nitrogen and oxygen atoms in total. The van der Waals surface area contributed by atoms with Crippen LogP contribution in [0.2, 0.25) is 0 Å². The first-order valence-electron chi connectivity index (χ1n) is 10.6. The van der Waals surface area contributed by atoms with Gasteiger partial charge in [0.2, 0.25) is 0 Å². The van der Waals surface area contributed by atoms with Gasteiger partial charge in [0.25, 0.3) is 0 Å². The van der Waals surface area contributed by atoms with E-state index in [1.165, 1.54) is 51.4 Å². The molecule has 2 fully saturated rings. The molecule has 0 N–H and O–H groups in total. The van der Waals surface area contributed by atoms with Crippen molar-refractivity contribution in [3.63, 3.8) is 0 Å². The molecule has 1 aromatic heterocycles. The zero-order valence-corrected chi connectivity index (χ0v) is 17.0. The molecule has 3 rings (SSSR count). The standard InChI is InChI=1S/C23H35N3/c1-16-10-5-7-12-20(16)24-18(3)22-14-9-15-23(26-22)19(4)25-21-13-8-6-11-17(21)2/h9,14-17,20-21H,5-8,10-13H2,1-4H3/t16-,17+,20?,21?. The average Bonchev–Trinajstić information content (AvgIpc) is 2.65. The monoisotopic (exact) mass is 353 g/mol. The molecule has 0 bridgehead atoms. The smallest absolute Gasteiger partial charge is 0.0845 e. The van der Waals surface area contributed by atoms with Crippen molar-refractivity contribution in [1.29, 1.82) is 0 Å². The lowest BCUT2D eigenvalue weighted by molar-refractivity contribution is 0.333. The van der Waals surface area contributed by atoms with Crippen molar-refractivity contribution in [2.24, 2.45) is 21.8 Å². The van der Waals surface area contributed by atoms with Crippen molar-refractivity contribution < 1.29 is 0 Å². The summed E-state index contributed by atoms with van der Waals surface area (Å²) in [5, 5.41) is 0. The fourth-order valence-electron chi connectivity index (χ4n) is 4.44. The molecule has 2 saturated carbocycles. The van der Waals surface area contributed by atoms with Crippen LogP contribution in [0.1, 0.15) is 90.4 Å². The van der Waals surface area contributed by atoms with Gasteiger partial charge in [-0.25, -0.2) is 4.98 Å². The summed E-state index contributed by atoms with van der Waals surface area (Å²) in [6.45, 7) is 8.91. The summed E-state index contributed by atoms with van der Waals surface area (Å²) in [4.78, 5) is 15.0. The van der Waals surface area contributed by atoms with E-state index < -0.39 is 0 Å². The van der Waals surface area contributed by atoms with Gasteiger partial charge in [-0.3, -0.25) is 9.98 Å². The second-order valence-electron chi connectivity index (χ2n) is 8.50. The molecule has 3 heteroatoms. The van der Waals surface area contributed by atoms with E-state index in [0.29, 0.717) is 23.9 Å². The Balaban J connectivity index is 1.76. The normalized spacial score (nSPS) is 31.1. The molecular formula is C23H35N3. The predicted octanol–water partition coefficient (Wildman–Crippen LogP) is 5.86. The Bertz CT molecular complexity index is 608. The summed E-state index contributed by atoms with van der Waals surface area (Å²) in [7, 11) is 0. The first kappa shape index (κ1) is 19.3. The lowest BCUT2D eigenvalue weighted by Gasteiger charge is -2.26. The highest BCUT2D eigenvalue weighted by atomic mass is 14.9. The van der Waals surface area contributed by atoms with Gasteiger partial charge < -0.3 is 0 Å². The average molecular weight is 354 g/mol. The summed E-state index contributed by atoms with van der Waals surface area (Å²) >= 11 is 0. The Morgan fingerprint density at radius 2 is 1.19 bits per heavy atom. The minimum Gasteiger partial charge on any atom is -0.284 e. The zero-order valence-electron chi connectivity index (χ0n) is 17.0. The second-order valence-corrected chi connectivity index (χ2v) is 8.50. The maximum absolute atomic E-state index is 5.03. The summed E-state index contributed by atoms with van der Waals surface area (Å²) < 4.78 is 0. The first-order valence-corrected chi connectivity index (χ1v) is 10.6. The highest BCUT2D eigenvalue weighted by Crippen LogP contribution is 2.28. The molecule has 0 spiro atoms. The molecule has 1 aromatic rings. The van der Waals surface area contributed by atoms with Crippen molar-refractivity contribution in [1.82, 2.24) is 4.98 Å². The highest BCUT2D eigenvalue weighted by Gasteiger charge is 2.22. The topological polar surface area (TPSA) is 37.6 Å². The molecule has 2 aliphatic carbocycles. The molecule has 142 valence electrons. The molecule has 4 atom stereocenters. The van der Waals surface area contributed by atoms with E-state index in [1.807, 2.05) is 0 Å². The van der Waals surface area contributed by atoms with Gasteiger partial charge in [-0.15, -0.1) is 0 Å². The van der Waals surface area contributed by atoms with Gasteiger partial charge in [0, 0.05) is 0 Å². The lowest BCUT2D eigenvalue weighted by atomic mass is 9.86. The largest absolute Gasteiger partial charge is 0.284 e. The quantitative estimate of drug-likeness (QED) is 0.625. The van der Waals surface area contributed by atoms with Crippen molar-refractivity contribution in [3.8, 4) is 0 Å². The molecule has 0 radical (unpaired) electrons. The molecular weight excluding hydrogens is 318 g/mol. The van der Waals surface area contributed by atoms with Gasteiger partial charge in [-0.05, 0) is 63.5 Å². The van der Waals surface area contributed by atoms with Crippen LogP contribution >= 0.6 is 0 Å². The van der Waals surface area contributed by atoms with Gasteiger partial charge >= 0.3 is 0 Å². The third-order valence-electron chi connectivity index (χ3n) is 6.34. The van der Waals surface area contributed by atoms with Crippen LogP contribution in [-0.4, -0.2) is 28.5 Å². The van der Waals surface area contributed by atoms with Crippen LogP contribution in [0, 0.1) is 11.8 Å². The number of aromatic nitrogens is 1. The number of pyridine rings is 1. The SMILES string of the molecule is CC(=NC1CCCC[C@H]1C)c1cccc(C(C)=NC2CCCC[C@@H]2C)n1. The van der Waals surface area contributed by atoms with Crippen molar-refractivity contribution >= 4 is 11.4 Å². The Hall–Kier alpha value is -1.51. The number of hydrogen-bond acceptors (Lipinski definition) is 3. The van der Waals surface area contributed by atoms with Crippen LogP contribution in [0.3, 0.4) is 0 Å². The minimum atomic E-state index is 0.465. The van der Waals surface area contributed by atoms with E-state index >= 15 is 0 Å². The third kappa shape index (κ3) is 4.81. The molecule has 0 amide bonds. The van der Waals surface area contributed by atoms with Gasteiger partial charge in [0.15, 0.2) is 0 Å². The van der Waals surface area contributed by atoms with Gasteiger partial charge in [-0.2, -0.15) is 0 Å².